The number of thioether (sulfide) groups is 2. The quantitative estimate of drug-likeness (QED) is 0.698. The summed E-state index contributed by atoms with van der Waals surface area (Å²) in [7, 11) is 0. The standard InChI is InChI=1S/C19H23NO2S2/c1-13-9-14(2)18(15(3)10-13)19-20(17(21)12-24-19)6-8-23-11-16-5-4-7-22-16/h4-5,7,9-10,19H,6,8,11-12H2,1-3H3. The molecule has 2 heterocycles. The SMILES string of the molecule is Cc1cc(C)c(C2SCC(=O)N2CCSCc2ccco2)c(C)c1. The molecule has 0 aliphatic carbocycles. The summed E-state index contributed by atoms with van der Waals surface area (Å²) < 4.78 is 5.35. The van der Waals surface area contributed by atoms with Gasteiger partial charge in [0.1, 0.15) is 11.1 Å². The van der Waals surface area contributed by atoms with Gasteiger partial charge in [-0.25, -0.2) is 0 Å². The van der Waals surface area contributed by atoms with Gasteiger partial charge in [0, 0.05) is 12.3 Å². The van der Waals surface area contributed by atoms with E-state index in [1.54, 1.807) is 18.0 Å². The molecule has 24 heavy (non-hydrogen) atoms. The largest absolute Gasteiger partial charge is 0.468 e. The molecule has 1 aliphatic rings. The van der Waals surface area contributed by atoms with Crippen molar-refractivity contribution in [3.8, 4) is 0 Å². The first kappa shape index (κ1) is 17.5. The number of rotatable bonds is 6. The van der Waals surface area contributed by atoms with E-state index < -0.39 is 0 Å². The van der Waals surface area contributed by atoms with Gasteiger partial charge in [0.15, 0.2) is 0 Å². The van der Waals surface area contributed by atoms with Gasteiger partial charge in [0.2, 0.25) is 5.91 Å². The maximum absolute atomic E-state index is 12.3. The average molecular weight is 362 g/mol. The van der Waals surface area contributed by atoms with E-state index in [2.05, 4.69) is 32.9 Å². The highest BCUT2D eigenvalue weighted by atomic mass is 32.2. The Balaban J connectivity index is 1.66. The smallest absolute Gasteiger partial charge is 0.233 e. The highest BCUT2D eigenvalue weighted by Gasteiger charge is 2.34. The zero-order valence-corrected chi connectivity index (χ0v) is 16.0. The van der Waals surface area contributed by atoms with Gasteiger partial charge in [-0.1, -0.05) is 17.7 Å². The van der Waals surface area contributed by atoms with Crippen molar-refractivity contribution in [2.45, 2.75) is 31.9 Å². The molecule has 128 valence electrons. The summed E-state index contributed by atoms with van der Waals surface area (Å²) >= 11 is 3.56. The van der Waals surface area contributed by atoms with Crippen LogP contribution in [-0.4, -0.2) is 28.9 Å². The molecular weight excluding hydrogens is 338 g/mol. The van der Waals surface area contributed by atoms with E-state index >= 15 is 0 Å². The van der Waals surface area contributed by atoms with Crippen molar-refractivity contribution in [2.75, 3.05) is 18.1 Å². The van der Waals surface area contributed by atoms with E-state index in [0.717, 1.165) is 23.8 Å². The van der Waals surface area contributed by atoms with Gasteiger partial charge in [0.25, 0.3) is 0 Å². The summed E-state index contributed by atoms with van der Waals surface area (Å²) in [5.74, 6) is 3.61. The first-order valence-corrected chi connectivity index (χ1v) is 10.4. The summed E-state index contributed by atoms with van der Waals surface area (Å²) in [6.07, 6.45) is 1.70. The van der Waals surface area contributed by atoms with Gasteiger partial charge in [0.05, 0.1) is 17.8 Å². The second-order valence-corrected chi connectivity index (χ2v) is 8.37. The van der Waals surface area contributed by atoms with Gasteiger partial charge < -0.3 is 9.32 Å². The highest BCUT2D eigenvalue weighted by Crippen LogP contribution is 2.41. The molecule has 2 aromatic rings. The topological polar surface area (TPSA) is 33.5 Å². The van der Waals surface area contributed by atoms with Crippen LogP contribution in [-0.2, 0) is 10.5 Å². The molecule has 0 spiro atoms. The minimum Gasteiger partial charge on any atom is -0.468 e. The van der Waals surface area contributed by atoms with Crippen molar-refractivity contribution in [2.24, 2.45) is 0 Å². The van der Waals surface area contributed by atoms with Crippen LogP contribution in [0.5, 0.6) is 0 Å². The van der Waals surface area contributed by atoms with E-state index in [1.807, 2.05) is 28.8 Å². The molecule has 1 amide bonds. The third-order valence-electron chi connectivity index (χ3n) is 4.25. The molecule has 3 rings (SSSR count). The Bertz CT molecular complexity index is 689. The second-order valence-electron chi connectivity index (χ2n) is 6.19. The molecule has 1 saturated heterocycles. The number of amides is 1. The number of furan rings is 1. The van der Waals surface area contributed by atoms with Crippen LogP contribution in [0.2, 0.25) is 0 Å². The van der Waals surface area contributed by atoms with Crippen LogP contribution in [0.3, 0.4) is 0 Å². The van der Waals surface area contributed by atoms with Crippen LogP contribution in [0.25, 0.3) is 0 Å². The number of hydrogen-bond donors (Lipinski definition) is 0. The van der Waals surface area contributed by atoms with Crippen LogP contribution in [0.15, 0.2) is 34.9 Å². The first-order chi connectivity index (χ1) is 11.6. The predicted octanol–water partition coefficient (Wildman–Crippen LogP) is 4.71. The van der Waals surface area contributed by atoms with Crippen LogP contribution in [0.4, 0.5) is 0 Å². The fourth-order valence-electron chi connectivity index (χ4n) is 3.25. The number of aryl methyl sites for hydroxylation is 3. The monoisotopic (exact) mass is 361 g/mol. The third-order valence-corrected chi connectivity index (χ3v) is 6.43. The van der Waals surface area contributed by atoms with Crippen molar-refractivity contribution in [3.05, 3.63) is 58.5 Å². The molecule has 0 N–H and O–H groups in total. The molecule has 1 aromatic carbocycles. The molecule has 0 radical (unpaired) electrons. The van der Waals surface area contributed by atoms with Crippen molar-refractivity contribution >= 4 is 29.4 Å². The molecule has 1 atom stereocenters. The fourth-order valence-corrected chi connectivity index (χ4v) is 5.49. The maximum Gasteiger partial charge on any atom is 0.233 e. The highest BCUT2D eigenvalue weighted by molar-refractivity contribution is 8.00. The summed E-state index contributed by atoms with van der Waals surface area (Å²) in [5.41, 5.74) is 5.16. The van der Waals surface area contributed by atoms with Crippen molar-refractivity contribution in [1.82, 2.24) is 4.90 Å². The molecule has 1 fully saturated rings. The molecule has 3 nitrogen and oxygen atoms in total. The lowest BCUT2D eigenvalue weighted by Gasteiger charge is -2.27. The Kier molecular flexibility index (Phi) is 5.61. The number of hydrogen-bond acceptors (Lipinski definition) is 4. The summed E-state index contributed by atoms with van der Waals surface area (Å²) in [6.45, 7) is 7.22. The first-order valence-electron chi connectivity index (χ1n) is 8.15. The zero-order valence-electron chi connectivity index (χ0n) is 14.4. The Morgan fingerprint density at radius 3 is 2.71 bits per heavy atom. The van der Waals surface area contributed by atoms with E-state index in [9.17, 15) is 4.79 Å². The summed E-state index contributed by atoms with van der Waals surface area (Å²) in [4.78, 5) is 14.4. The van der Waals surface area contributed by atoms with Crippen LogP contribution < -0.4 is 0 Å². The fraction of sp³-hybridized carbons (Fsp3) is 0.421. The van der Waals surface area contributed by atoms with E-state index in [4.69, 9.17) is 4.42 Å². The Hall–Kier alpha value is -1.33. The lowest BCUT2D eigenvalue weighted by molar-refractivity contribution is -0.127. The normalized spacial score (nSPS) is 17.7. The average Bonchev–Trinajstić information content (AvgIpc) is 3.14. The van der Waals surface area contributed by atoms with Gasteiger partial charge in [-0.15, -0.1) is 11.8 Å². The Labute approximate surface area is 152 Å². The van der Waals surface area contributed by atoms with Gasteiger partial charge >= 0.3 is 0 Å². The minimum atomic E-state index is 0.155. The lowest BCUT2D eigenvalue weighted by Crippen LogP contribution is -2.31. The zero-order chi connectivity index (χ0) is 17.1. The Morgan fingerprint density at radius 1 is 1.29 bits per heavy atom. The molecule has 0 bridgehead atoms. The molecule has 1 aliphatic heterocycles. The second kappa shape index (κ2) is 7.70. The minimum absolute atomic E-state index is 0.155. The predicted molar refractivity (Wildman–Crippen MR) is 102 cm³/mol. The number of carbonyl (C=O) groups is 1. The van der Waals surface area contributed by atoms with Crippen molar-refractivity contribution in [3.63, 3.8) is 0 Å². The van der Waals surface area contributed by atoms with E-state index in [-0.39, 0.29) is 11.3 Å². The van der Waals surface area contributed by atoms with Crippen molar-refractivity contribution in [1.29, 1.82) is 0 Å². The summed E-state index contributed by atoms with van der Waals surface area (Å²) in [6, 6.07) is 8.34. The van der Waals surface area contributed by atoms with Crippen LogP contribution >= 0.6 is 23.5 Å². The van der Waals surface area contributed by atoms with E-state index in [0.29, 0.717) is 5.75 Å². The summed E-state index contributed by atoms with van der Waals surface area (Å²) in [5, 5.41) is 0.155. The van der Waals surface area contributed by atoms with Gasteiger partial charge in [-0.3, -0.25) is 4.79 Å². The lowest BCUT2D eigenvalue weighted by atomic mass is 9.99. The maximum atomic E-state index is 12.3. The Morgan fingerprint density at radius 2 is 2.04 bits per heavy atom. The molecule has 1 aromatic heterocycles. The number of nitrogens with zero attached hydrogens (tertiary/aromatic N) is 1. The third kappa shape index (κ3) is 3.83. The van der Waals surface area contributed by atoms with Gasteiger partial charge in [-0.2, -0.15) is 11.8 Å². The molecular formula is C19H23NO2S2. The van der Waals surface area contributed by atoms with Gasteiger partial charge in [-0.05, 0) is 49.6 Å². The van der Waals surface area contributed by atoms with Crippen LogP contribution in [0, 0.1) is 20.8 Å². The molecule has 1 unspecified atom stereocenters. The van der Waals surface area contributed by atoms with Crippen LogP contribution in [0.1, 0.15) is 33.4 Å². The molecule has 0 saturated carbocycles. The molecule has 5 heteroatoms. The van der Waals surface area contributed by atoms with E-state index in [1.165, 1.54) is 22.3 Å². The number of carbonyl (C=O) groups excluding carboxylic acids is 1. The van der Waals surface area contributed by atoms with Crippen molar-refractivity contribution < 1.29 is 9.21 Å². The number of benzene rings is 1.